The first-order chi connectivity index (χ1) is 19.9. The van der Waals surface area contributed by atoms with Crippen molar-refractivity contribution in [1.29, 1.82) is 0 Å². The highest BCUT2D eigenvalue weighted by Crippen LogP contribution is 2.36. The highest BCUT2D eigenvalue weighted by molar-refractivity contribution is 5.95. The summed E-state index contributed by atoms with van der Waals surface area (Å²) >= 11 is 0. The first-order valence-electron chi connectivity index (χ1n) is 13.6. The second kappa shape index (κ2) is 11.4. The molecule has 2 fully saturated rings. The third-order valence-corrected chi connectivity index (χ3v) is 7.43. The molecule has 4 heterocycles. The van der Waals surface area contributed by atoms with Gasteiger partial charge in [0.1, 0.15) is 5.82 Å². The first-order valence-corrected chi connectivity index (χ1v) is 13.6. The monoisotopic (exact) mass is 557 g/mol. The summed E-state index contributed by atoms with van der Waals surface area (Å²) in [5.41, 5.74) is 2.42. The Hall–Kier alpha value is -4.19. The maximum absolute atomic E-state index is 13.8. The number of rotatable bonds is 6. The second-order valence-electron chi connectivity index (χ2n) is 10.7. The maximum atomic E-state index is 13.8. The molecule has 2 N–H and O–H groups in total. The fourth-order valence-corrected chi connectivity index (χ4v) is 4.85. The van der Waals surface area contributed by atoms with Crippen LogP contribution in [0.15, 0.2) is 66.9 Å². The van der Waals surface area contributed by atoms with E-state index in [0.717, 1.165) is 26.2 Å². The molecule has 11 heteroatoms. The van der Waals surface area contributed by atoms with Crippen LogP contribution in [0.3, 0.4) is 0 Å². The summed E-state index contributed by atoms with van der Waals surface area (Å²) in [7, 11) is 2.10. The molecule has 10 nitrogen and oxygen atoms in total. The number of piperazine rings is 1. The predicted octanol–water partition coefficient (Wildman–Crippen LogP) is 4.12. The Morgan fingerprint density at radius 1 is 1.00 bits per heavy atom. The minimum Gasteiger partial charge on any atom is -0.345 e. The van der Waals surface area contributed by atoms with Crippen molar-refractivity contribution in [3.63, 3.8) is 0 Å². The zero-order chi connectivity index (χ0) is 28.4. The van der Waals surface area contributed by atoms with E-state index in [0.29, 0.717) is 40.1 Å². The van der Waals surface area contributed by atoms with Gasteiger partial charge in [-0.1, -0.05) is 18.2 Å². The predicted molar refractivity (Wildman–Crippen MR) is 153 cm³/mol. The molecule has 212 valence electrons. The third-order valence-electron chi connectivity index (χ3n) is 7.43. The van der Waals surface area contributed by atoms with Gasteiger partial charge in [0, 0.05) is 43.6 Å². The van der Waals surface area contributed by atoms with Crippen LogP contribution < -0.4 is 10.2 Å². The minimum atomic E-state index is -0.883. The van der Waals surface area contributed by atoms with E-state index in [-0.39, 0.29) is 24.9 Å². The normalized spacial score (nSPS) is 21.5. The molecule has 2 aromatic heterocycles. The van der Waals surface area contributed by atoms with E-state index in [1.807, 2.05) is 36.4 Å². The van der Waals surface area contributed by atoms with E-state index in [2.05, 4.69) is 32.1 Å². The van der Waals surface area contributed by atoms with Crippen molar-refractivity contribution < 1.29 is 18.7 Å². The van der Waals surface area contributed by atoms with Crippen molar-refractivity contribution in [3.05, 3.63) is 78.5 Å². The van der Waals surface area contributed by atoms with Crippen LogP contribution in [0.5, 0.6) is 0 Å². The number of anilines is 2. The Labute approximate surface area is 237 Å². The standard InChI is InChI=1S/C30H32FN7O3/c1-30(28(39)33-22-6-4-3-5-7-22)18-40-27(41-19-30)26-35-24(20-8-10-21(31)11-9-20)25(36-26)23-12-13-32-29(34-23)38-16-14-37(2)15-17-38/h3-13,27H,14-19H2,1-2H3,(H,33,39)(H,35,36). The van der Waals surface area contributed by atoms with Gasteiger partial charge in [-0.3, -0.25) is 4.79 Å². The Kier molecular flexibility index (Phi) is 7.48. The molecule has 0 unspecified atom stereocenters. The Balaban J connectivity index is 1.26. The lowest BCUT2D eigenvalue weighted by Gasteiger charge is -2.35. The van der Waals surface area contributed by atoms with Gasteiger partial charge >= 0.3 is 0 Å². The van der Waals surface area contributed by atoms with Crippen molar-refractivity contribution in [2.45, 2.75) is 13.2 Å². The lowest BCUT2D eigenvalue weighted by molar-refractivity contribution is -0.229. The van der Waals surface area contributed by atoms with Gasteiger partial charge in [-0.05, 0) is 56.4 Å². The van der Waals surface area contributed by atoms with Crippen LogP contribution in [-0.4, -0.2) is 77.2 Å². The number of benzene rings is 2. The topological polar surface area (TPSA) is 108 Å². The zero-order valence-corrected chi connectivity index (χ0v) is 23.0. The SMILES string of the molecule is CN1CCN(c2nccc(-c3[nH]c(C4OCC(C)(C(=O)Nc5ccccc5)CO4)nc3-c3ccc(F)cc3)n2)CC1. The van der Waals surface area contributed by atoms with Crippen LogP contribution in [0.1, 0.15) is 19.0 Å². The summed E-state index contributed by atoms with van der Waals surface area (Å²) < 4.78 is 25.8. The largest absolute Gasteiger partial charge is 0.345 e. The number of H-pyrrole nitrogens is 1. The van der Waals surface area contributed by atoms with Crippen molar-refractivity contribution in [3.8, 4) is 22.6 Å². The summed E-state index contributed by atoms with van der Waals surface area (Å²) in [4.78, 5) is 35.0. The second-order valence-corrected chi connectivity index (χ2v) is 10.7. The number of nitrogens with zero attached hydrogens (tertiary/aromatic N) is 5. The van der Waals surface area contributed by atoms with Crippen molar-refractivity contribution in [2.24, 2.45) is 5.41 Å². The number of amides is 1. The van der Waals surface area contributed by atoms with E-state index >= 15 is 0 Å². The average Bonchev–Trinajstić information content (AvgIpc) is 3.44. The van der Waals surface area contributed by atoms with Crippen LogP contribution in [-0.2, 0) is 14.3 Å². The third kappa shape index (κ3) is 5.83. The number of aromatic nitrogens is 4. The van der Waals surface area contributed by atoms with E-state index in [9.17, 15) is 9.18 Å². The van der Waals surface area contributed by atoms with Gasteiger partial charge < -0.3 is 29.6 Å². The van der Waals surface area contributed by atoms with Crippen LogP contribution in [0, 0.1) is 11.2 Å². The number of hydrogen-bond donors (Lipinski definition) is 2. The number of carbonyl (C=O) groups excluding carboxylic acids is 1. The van der Waals surface area contributed by atoms with Crippen LogP contribution >= 0.6 is 0 Å². The zero-order valence-electron chi connectivity index (χ0n) is 23.0. The van der Waals surface area contributed by atoms with Gasteiger partial charge in [0.05, 0.1) is 35.7 Å². The molecule has 0 radical (unpaired) electrons. The molecular weight excluding hydrogens is 525 g/mol. The fourth-order valence-electron chi connectivity index (χ4n) is 4.85. The number of likely N-dealkylation sites (N-methyl/N-ethyl adjacent to an activating group) is 1. The van der Waals surface area contributed by atoms with Crippen molar-refractivity contribution in [2.75, 3.05) is 56.7 Å². The van der Waals surface area contributed by atoms with E-state index < -0.39 is 11.7 Å². The molecule has 0 spiro atoms. The molecule has 0 bridgehead atoms. The molecule has 0 aliphatic carbocycles. The molecule has 0 saturated carbocycles. The number of para-hydroxylation sites is 1. The molecule has 2 aliphatic heterocycles. The smallest absolute Gasteiger partial charge is 0.234 e. The van der Waals surface area contributed by atoms with Gasteiger partial charge in [0.25, 0.3) is 0 Å². The Morgan fingerprint density at radius 2 is 1.71 bits per heavy atom. The fraction of sp³-hybridized carbons (Fsp3) is 0.333. The number of imidazole rings is 1. The number of aromatic amines is 1. The number of nitrogens with one attached hydrogen (secondary N) is 2. The van der Waals surface area contributed by atoms with Gasteiger partial charge in [-0.2, -0.15) is 0 Å². The quantitative estimate of drug-likeness (QED) is 0.365. The maximum Gasteiger partial charge on any atom is 0.234 e. The summed E-state index contributed by atoms with van der Waals surface area (Å²) in [6.45, 7) is 5.61. The highest BCUT2D eigenvalue weighted by Gasteiger charge is 2.41. The molecule has 0 atom stereocenters. The number of hydrogen-bond acceptors (Lipinski definition) is 8. The molecular formula is C30H32FN7O3. The molecule has 2 aliphatic rings. The van der Waals surface area contributed by atoms with Gasteiger partial charge in [-0.25, -0.2) is 19.3 Å². The number of halogens is 1. The lowest BCUT2D eigenvalue weighted by atomic mass is 9.91. The lowest BCUT2D eigenvalue weighted by Crippen LogP contribution is -2.45. The molecule has 2 aromatic carbocycles. The summed E-state index contributed by atoms with van der Waals surface area (Å²) in [5.74, 6) is 0.552. The minimum absolute atomic E-state index is 0.138. The van der Waals surface area contributed by atoms with E-state index in [1.165, 1.54) is 12.1 Å². The Morgan fingerprint density at radius 3 is 2.41 bits per heavy atom. The van der Waals surface area contributed by atoms with Gasteiger partial charge in [-0.15, -0.1) is 0 Å². The molecule has 4 aromatic rings. The average molecular weight is 558 g/mol. The van der Waals surface area contributed by atoms with Crippen LogP contribution in [0.25, 0.3) is 22.6 Å². The number of ether oxygens (including phenoxy) is 2. The van der Waals surface area contributed by atoms with Crippen molar-refractivity contribution >= 4 is 17.5 Å². The van der Waals surface area contributed by atoms with E-state index in [1.54, 1.807) is 25.3 Å². The molecule has 1 amide bonds. The van der Waals surface area contributed by atoms with Crippen LogP contribution in [0.2, 0.25) is 0 Å². The van der Waals surface area contributed by atoms with Crippen molar-refractivity contribution in [1.82, 2.24) is 24.8 Å². The molecule has 6 rings (SSSR count). The Bertz CT molecular complexity index is 1500. The number of carbonyl (C=O) groups is 1. The molecule has 2 saturated heterocycles. The summed E-state index contributed by atoms with van der Waals surface area (Å²) in [6.07, 6.45) is 0.912. The van der Waals surface area contributed by atoms with Gasteiger partial charge in [0.2, 0.25) is 18.1 Å². The highest BCUT2D eigenvalue weighted by atomic mass is 19.1. The van der Waals surface area contributed by atoms with Gasteiger partial charge in [0.15, 0.2) is 5.82 Å². The van der Waals surface area contributed by atoms with E-state index in [4.69, 9.17) is 19.4 Å². The summed E-state index contributed by atoms with van der Waals surface area (Å²) in [5, 5.41) is 2.93. The summed E-state index contributed by atoms with van der Waals surface area (Å²) in [6, 6.07) is 17.2. The molecule has 41 heavy (non-hydrogen) atoms. The first kappa shape index (κ1) is 27.0. The van der Waals surface area contributed by atoms with Crippen LogP contribution in [0.4, 0.5) is 16.0 Å².